The Morgan fingerprint density at radius 2 is 2.12 bits per heavy atom. The van der Waals surface area contributed by atoms with Gasteiger partial charge >= 0.3 is 0 Å². The first-order valence-corrected chi connectivity index (χ1v) is 6.54. The Morgan fingerprint density at radius 3 is 2.76 bits per heavy atom. The van der Waals surface area contributed by atoms with Crippen molar-refractivity contribution in [2.45, 2.75) is 51.6 Å². The van der Waals surface area contributed by atoms with Crippen molar-refractivity contribution in [3.8, 4) is 0 Å². The van der Waals surface area contributed by atoms with Crippen molar-refractivity contribution in [2.75, 3.05) is 0 Å². The number of nitrogens with zero attached hydrogens (tertiary/aromatic N) is 1. The molecule has 3 atom stereocenters. The van der Waals surface area contributed by atoms with Gasteiger partial charge in [-0.15, -0.1) is 0 Å². The molecule has 1 N–H and O–H groups in total. The van der Waals surface area contributed by atoms with Gasteiger partial charge < -0.3 is 5.32 Å². The van der Waals surface area contributed by atoms with Crippen LogP contribution in [0.25, 0.3) is 0 Å². The molecule has 17 heavy (non-hydrogen) atoms. The highest BCUT2D eigenvalue weighted by atomic mass is 19.1. The first kappa shape index (κ1) is 12.5. The first-order chi connectivity index (χ1) is 8.16. The van der Waals surface area contributed by atoms with Gasteiger partial charge in [0.15, 0.2) is 0 Å². The van der Waals surface area contributed by atoms with E-state index in [0.717, 1.165) is 11.6 Å². The third-order valence-electron chi connectivity index (χ3n) is 3.77. The third-order valence-corrected chi connectivity index (χ3v) is 3.77. The van der Waals surface area contributed by atoms with Crippen molar-refractivity contribution < 1.29 is 4.39 Å². The van der Waals surface area contributed by atoms with Crippen molar-refractivity contribution in [3.63, 3.8) is 0 Å². The molecule has 0 aliphatic heterocycles. The largest absolute Gasteiger partial charge is 0.306 e. The van der Waals surface area contributed by atoms with Crippen LogP contribution in [0.1, 0.15) is 51.3 Å². The molecule has 2 rings (SSSR count). The highest BCUT2D eigenvalue weighted by Gasteiger charge is 2.23. The van der Waals surface area contributed by atoms with Gasteiger partial charge in [-0.2, -0.15) is 0 Å². The standard InChI is InChI=1S/C14H21FN2/c1-10-5-3-4-6-13(10)17-11(2)14-8-7-12(15)9-16-14/h7-11,13,17H,3-6H2,1-2H3. The zero-order valence-corrected chi connectivity index (χ0v) is 10.6. The van der Waals surface area contributed by atoms with E-state index in [1.165, 1.54) is 37.9 Å². The average Bonchev–Trinajstić information content (AvgIpc) is 2.33. The van der Waals surface area contributed by atoms with Gasteiger partial charge in [-0.3, -0.25) is 4.98 Å². The Morgan fingerprint density at radius 1 is 1.35 bits per heavy atom. The molecular formula is C14H21FN2. The van der Waals surface area contributed by atoms with E-state index in [2.05, 4.69) is 24.1 Å². The molecule has 0 spiro atoms. The average molecular weight is 236 g/mol. The summed E-state index contributed by atoms with van der Waals surface area (Å²) in [6.07, 6.45) is 6.50. The van der Waals surface area contributed by atoms with E-state index in [9.17, 15) is 4.39 Å². The summed E-state index contributed by atoms with van der Waals surface area (Å²) in [6, 6.07) is 4.01. The van der Waals surface area contributed by atoms with Crippen LogP contribution in [0.2, 0.25) is 0 Å². The van der Waals surface area contributed by atoms with Crippen LogP contribution in [-0.4, -0.2) is 11.0 Å². The second kappa shape index (κ2) is 5.58. The van der Waals surface area contributed by atoms with Gasteiger partial charge in [0.05, 0.1) is 11.9 Å². The van der Waals surface area contributed by atoms with Gasteiger partial charge in [-0.1, -0.05) is 19.8 Å². The van der Waals surface area contributed by atoms with Crippen LogP contribution in [0.5, 0.6) is 0 Å². The lowest BCUT2D eigenvalue weighted by molar-refractivity contribution is 0.262. The highest BCUT2D eigenvalue weighted by molar-refractivity contribution is 5.09. The molecule has 3 unspecified atom stereocenters. The Balaban J connectivity index is 1.95. The van der Waals surface area contributed by atoms with Gasteiger partial charge in [0.25, 0.3) is 0 Å². The van der Waals surface area contributed by atoms with E-state index in [-0.39, 0.29) is 11.9 Å². The van der Waals surface area contributed by atoms with E-state index in [0.29, 0.717) is 6.04 Å². The SMILES string of the molecule is CC(NC1CCCCC1C)c1ccc(F)cn1. The quantitative estimate of drug-likeness (QED) is 0.869. The molecule has 1 aromatic heterocycles. The molecule has 1 saturated carbocycles. The lowest BCUT2D eigenvalue weighted by atomic mass is 9.85. The molecule has 0 aromatic carbocycles. The number of halogens is 1. The number of nitrogens with one attached hydrogen (secondary N) is 1. The molecule has 1 aliphatic rings. The van der Waals surface area contributed by atoms with Crippen molar-refractivity contribution in [3.05, 3.63) is 29.8 Å². The summed E-state index contributed by atoms with van der Waals surface area (Å²) >= 11 is 0. The molecule has 3 heteroatoms. The smallest absolute Gasteiger partial charge is 0.141 e. The summed E-state index contributed by atoms with van der Waals surface area (Å²) in [4.78, 5) is 4.13. The minimum Gasteiger partial charge on any atom is -0.306 e. The molecule has 0 radical (unpaired) electrons. The fourth-order valence-corrected chi connectivity index (χ4v) is 2.61. The number of aromatic nitrogens is 1. The molecule has 2 nitrogen and oxygen atoms in total. The Kier molecular flexibility index (Phi) is 4.11. The fraction of sp³-hybridized carbons (Fsp3) is 0.643. The lowest BCUT2D eigenvalue weighted by Gasteiger charge is -2.32. The monoisotopic (exact) mass is 236 g/mol. The minimum absolute atomic E-state index is 0.196. The Hall–Kier alpha value is -0.960. The molecule has 0 bridgehead atoms. The van der Waals surface area contributed by atoms with Crippen molar-refractivity contribution in [1.29, 1.82) is 0 Å². The number of hydrogen-bond acceptors (Lipinski definition) is 2. The van der Waals surface area contributed by atoms with Crippen LogP contribution >= 0.6 is 0 Å². The molecule has 1 heterocycles. The van der Waals surface area contributed by atoms with Gasteiger partial charge in [0, 0.05) is 12.1 Å². The molecule has 1 aromatic rings. The maximum Gasteiger partial charge on any atom is 0.141 e. The van der Waals surface area contributed by atoms with E-state index >= 15 is 0 Å². The maximum atomic E-state index is 12.8. The summed E-state index contributed by atoms with van der Waals surface area (Å²) in [7, 11) is 0. The fourth-order valence-electron chi connectivity index (χ4n) is 2.61. The minimum atomic E-state index is -0.271. The lowest BCUT2D eigenvalue weighted by Crippen LogP contribution is -2.38. The van der Waals surface area contributed by atoms with Crippen LogP contribution < -0.4 is 5.32 Å². The predicted molar refractivity (Wildman–Crippen MR) is 67.2 cm³/mol. The first-order valence-electron chi connectivity index (χ1n) is 6.54. The predicted octanol–water partition coefficient (Wildman–Crippen LogP) is 3.45. The van der Waals surface area contributed by atoms with Gasteiger partial charge in [0.1, 0.15) is 5.82 Å². The molecule has 0 amide bonds. The number of rotatable bonds is 3. The van der Waals surface area contributed by atoms with Crippen LogP contribution in [0.15, 0.2) is 18.3 Å². The second-order valence-corrected chi connectivity index (χ2v) is 5.16. The maximum absolute atomic E-state index is 12.8. The van der Waals surface area contributed by atoms with Crippen LogP contribution in [-0.2, 0) is 0 Å². The molecule has 94 valence electrons. The molecule has 0 saturated heterocycles. The summed E-state index contributed by atoms with van der Waals surface area (Å²) < 4.78 is 12.8. The van der Waals surface area contributed by atoms with Crippen molar-refractivity contribution in [1.82, 2.24) is 10.3 Å². The van der Waals surface area contributed by atoms with Crippen LogP contribution in [0, 0.1) is 11.7 Å². The van der Waals surface area contributed by atoms with E-state index in [1.54, 1.807) is 6.07 Å². The summed E-state index contributed by atoms with van der Waals surface area (Å²) in [6.45, 7) is 4.41. The van der Waals surface area contributed by atoms with Crippen molar-refractivity contribution in [2.24, 2.45) is 5.92 Å². The van der Waals surface area contributed by atoms with Gasteiger partial charge in [-0.05, 0) is 37.8 Å². The Bertz CT molecular complexity index is 350. The van der Waals surface area contributed by atoms with Crippen molar-refractivity contribution >= 4 is 0 Å². The zero-order valence-electron chi connectivity index (χ0n) is 10.6. The Labute approximate surface area is 103 Å². The zero-order chi connectivity index (χ0) is 12.3. The summed E-state index contributed by atoms with van der Waals surface area (Å²) in [5.41, 5.74) is 0.921. The topological polar surface area (TPSA) is 24.9 Å². The summed E-state index contributed by atoms with van der Waals surface area (Å²) in [5, 5.41) is 3.62. The highest BCUT2D eigenvalue weighted by Crippen LogP contribution is 2.25. The van der Waals surface area contributed by atoms with E-state index < -0.39 is 0 Å². The molecule has 1 aliphatic carbocycles. The molecule has 1 fully saturated rings. The van der Waals surface area contributed by atoms with Gasteiger partial charge in [0.2, 0.25) is 0 Å². The third kappa shape index (κ3) is 3.25. The number of pyridine rings is 1. The van der Waals surface area contributed by atoms with Crippen LogP contribution in [0.3, 0.4) is 0 Å². The van der Waals surface area contributed by atoms with Crippen LogP contribution in [0.4, 0.5) is 4.39 Å². The second-order valence-electron chi connectivity index (χ2n) is 5.16. The van der Waals surface area contributed by atoms with E-state index in [1.807, 2.05) is 0 Å². The summed E-state index contributed by atoms with van der Waals surface area (Å²) in [5.74, 6) is 0.457. The normalized spacial score (nSPS) is 26.8. The van der Waals surface area contributed by atoms with Gasteiger partial charge in [-0.25, -0.2) is 4.39 Å². The number of hydrogen-bond donors (Lipinski definition) is 1. The van der Waals surface area contributed by atoms with E-state index in [4.69, 9.17) is 0 Å². The molecular weight excluding hydrogens is 215 g/mol.